The third kappa shape index (κ3) is 5.79. The number of hydrogen-bond donors (Lipinski definition) is 1. The SMILES string of the molecule is CS(=O)(=O)NCCC(=O)N1CCN(c2ccc(C(F)(F)F)cc2[N+](=O)[O-])CC1. The smallest absolute Gasteiger partial charge is 0.362 e. The van der Waals surface area contributed by atoms with Crippen molar-refractivity contribution in [2.45, 2.75) is 12.6 Å². The number of hydrogen-bond acceptors (Lipinski definition) is 6. The van der Waals surface area contributed by atoms with Gasteiger partial charge in [0.1, 0.15) is 5.69 Å². The zero-order chi connectivity index (χ0) is 21.1. The maximum Gasteiger partial charge on any atom is 0.416 e. The summed E-state index contributed by atoms with van der Waals surface area (Å²) in [7, 11) is -3.40. The standard InChI is InChI=1S/C15H19F3N4O5S/c1-28(26,27)19-5-4-14(23)21-8-6-20(7-9-21)12-3-2-11(15(16,17)18)10-13(12)22(24)25/h2-3,10,19H,4-9H2,1H3. The summed E-state index contributed by atoms with van der Waals surface area (Å²) in [4.78, 5) is 25.5. The van der Waals surface area contributed by atoms with Crippen LogP contribution in [0.15, 0.2) is 18.2 Å². The number of nitrogens with one attached hydrogen (secondary N) is 1. The fourth-order valence-electron chi connectivity index (χ4n) is 2.81. The van der Waals surface area contributed by atoms with Crippen LogP contribution in [0.5, 0.6) is 0 Å². The van der Waals surface area contributed by atoms with Crippen molar-refractivity contribution in [1.82, 2.24) is 9.62 Å². The quantitative estimate of drug-likeness (QED) is 0.542. The number of anilines is 1. The van der Waals surface area contributed by atoms with Crippen LogP contribution in [0.3, 0.4) is 0 Å². The Labute approximate surface area is 159 Å². The van der Waals surface area contributed by atoms with Crippen LogP contribution in [0.2, 0.25) is 0 Å². The average Bonchev–Trinajstić information content (AvgIpc) is 2.59. The first kappa shape index (κ1) is 21.9. The molecule has 1 aromatic rings. The van der Waals surface area contributed by atoms with Crippen LogP contribution in [0.25, 0.3) is 0 Å². The number of nitro benzene ring substituents is 1. The molecule has 0 radical (unpaired) electrons. The summed E-state index contributed by atoms with van der Waals surface area (Å²) in [6, 6.07) is 2.36. The lowest BCUT2D eigenvalue weighted by molar-refractivity contribution is -0.384. The van der Waals surface area contributed by atoms with Crippen LogP contribution in [0, 0.1) is 10.1 Å². The van der Waals surface area contributed by atoms with Crippen molar-refractivity contribution in [2.75, 3.05) is 43.9 Å². The van der Waals surface area contributed by atoms with E-state index in [0.717, 1.165) is 18.4 Å². The van der Waals surface area contributed by atoms with Crippen molar-refractivity contribution in [2.24, 2.45) is 0 Å². The molecule has 0 bridgehead atoms. The van der Waals surface area contributed by atoms with Gasteiger partial charge in [0.2, 0.25) is 15.9 Å². The summed E-state index contributed by atoms with van der Waals surface area (Å²) in [6.07, 6.45) is -3.74. The Balaban J connectivity index is 2.03. The lowest BCUT2D eigenvalue weighted by Gasteiger charge is -2.36. The molecule has 0 aliphatic carbocycles. The molecule has 13 heteroatoms. The number of piperazine rings is 1. The highest BCUT2D eigenvalue weighted by atomic mass is 32.2. The van der Waals surface area contributed by atoms with Gasteiger partial charge in [0.05, 0.1) is 16.7 Å². The molecule has 9 nitrogen and oxygen atoms in total. The van der Waals surface area contributed by atoms with Crippen LogP contribution < -0.4 is 9.62 Å². The maximum absolute atomic E-state index is 12.8. The Morgan fingerprint density at radius 3 is 2.36 bits per heavy atom. The molecular weight excluding hydrogens is 405 g/mol. The molecule has 0 atom stereocenters. The van der Waals surface area contributed by atoms with E-state index in [1.54, 1.807) is 4.90 Å². The number of sulfonamides is 1. The predicted octanol–water partition coefficient (Wildman–Crippen LogP) is 1.20. The Kier molecular flexibility index (Phi) is 6.49. The molecule has 0 aromatic heterocycles. The average molecular weight is 424 g/mol. The van der Waals surface area contributed by atoms with E-state index in [2.05, 4.69) is 4.72 Å². The normalized spacial score (nSPS) is 15.6. The van der Waals surface area contributed by atoms with Gasteiger partial charge in [-0.3, -0.25) is 14.9 Å². The zero-order valence-electron chi connectivity index (χ0n) is 14.9. The van der Waals surface area contributed by atoms with E-state index in [9.17, 15) is 36.5 Å². The lowest BCUT2D eigenvalue weighted by Crippen LogP contribution is -2.49. The van der Waals surface area contributed by atoms with Gasteiger partial charge < -0.3 is 9.80 Å². The highest BCUT2D eigenvalue weighted by molar-refractivity contribution is 7.88. The Morgan fingerprint density at radius 1 is 1.25 bits per heavy atom. The summed E-state index contributed by atoms with van der Waals surface area (Å²) in [5.41, 5.74) is -1.69. The molecule has 1 amide bonds. The number of nitro groups is 1. The number of carbonyl (C=O) groups is 1. The van der Waals surface area contributed by atoms with E-state index in [1.165, 1.54) is 4.90 Å². The van der Waals surface area contributed by atoms with E-state index in [4.69, 9.17) is 0 Å². The number of benzene rings is 1. The van der Waals surface area contributed by atoms with Crippen molar-refractivity contribution < 1.29 is 31.3 Å². The lowest BCUT2D eigenvalue weighted by atomic mass is 10.1. The third-order valence-corrected chi connectivity index (χ3v) is 4.90. The van der Waals surface area contributed by atoms with Gasteiger partial charge in [0.25, 0.3) is 5.69 Å². The molecule has 0 unspecified atom stereocenters. The van der Waals surface area contributed by atoms with Crippen LogP contribution in [-0.2, 0) is 21.0 Å². The highest BCUT2D eigenvalue weighted by Crippen LogP contribution is 2.36. The first-order valence-corrected chi connectivity index (χ1v) is 10.1. The van der Waals surface area contributed by atoms with Crippen LogP contribution in [-0.4, -0.2) is 63.1 Å². The monoisotopic (exact) mass is 424 g/mol. The van der Waals surface area contributed by atoms with Crippen LogP contribution in [0.4, 0.5) is 24.5 Å². The maximum atomic E-state index is 12.8. The highest BCUT2D eigenvalue weighted by Gasteiger charge is 2.34. The third-order valence-electron chi connectivity index (χ3n) is 4.18. The fraction of sp³-hybridized carbons (Fsp3) is 0.533. The van der Waals surface area contributed by atoms with Gasteiger partial charge in [-0.2, -0.15) is 13.2 Å². The van der Waals surface area contributed by atoms with Gasteiger partial charge in [0, 0.05) is 45.2 Å². The largest absolute Gasteiger partial charge is 0.416 e. The number of alkyl halides is 3. The minimum Gasteiger partial charge on any atom is -0.362 e. The van der Waals surface area contributed by atoms with E-state index >= 15 is 0 Å². The second kappa shape index (κ2) is 8.31. The van der Waals surface area contributed by atoms with Gasteiger partial charge in [-0.25, -0.2) is 13.1 Å². The van der Waals surface area contributed by atoms with Crippen molar-refractivity contribution >= 4 is 27.3 Å². The minimum absolute atomic E-state index is 0.0342. The number of nitrogens with zero attached hydrogens (tertiary/aromatic N) is 3. The molecule has 1 aliphatic rings. The number of halogens is 3. The van der Waals surface area contributed by atoms with Crippen molar-refractivity contribution in [3.05, 3.63) is 33.9 Å². The number of amides is 1. The van der Waals surface area contributed by atoms with E-state index in [-0.39, 0.29) is 50.7 Å². The summed E-state index contributed by atoms with van der Waals surface area (Å²) in [5, 5.41) is 11.2. The molecule has 0 saturated carbocycles. The molecule has 1 heterocycles. The van der Waals surface area contributed by atoms with Gasteiger partial charge in [-0.15, -0.1) is 0 Å². The molecule has 1 N–H and O–H groups in total. The summed E-state index contributed by atoms with van der Waals surface area (Å²) >= 11 is 0. The molecule has 1 saturated heterocycles. The molecule has 28 heavy (non-hydrogen) atoms. The van der Waals surface area contributed by atoms with Crippen molar-refractivity contribution in [1.29, 1.82) is 0 Å². The van der Waals surface area contributed by atoms with Crippen molar-refractivity contribution in [3.63, 3.8) is 0 Å². The van der Waals surface area contributed by atoms with Gasteiger partial charge in [-0.05, 0) is 12.1 Å². The van der Waals surface area contributed by atoms with Crippen molar-refractivity contribution in [3.8, 4) is 0 Å². The zero-order valence-corrected chi connectivity index (χ0v) is 15.7. The van der Waals surface area contributed by atoms with E-state index < -0.39 is 32.4 Å². The second-order valence-corrected chi connectivity index (χ2v) is 8.08. The van der Waals surface area contributed by atoms with Crippen LogP contribution >= 0.6 is 0 Å². The van der Waals surface area contributed by atoms with Gasteiger partial charge in [0.15, 0.2) is 0 Å². The molecule has 2 rings (SSSR count). The molecule has 0 spiro atoms. The summed E-state index contributed by atoms with van der Waals surface area (Å²) in [5.74, 6) is -0.280. The second-order valence-electron chi connectivity index (χ2n) is 6.24. The number of rotatable bonds is 6. The molecule has 1 fully saturated rings. The molecule has 156 valence electrons. The Bertz CT molecular complexity index is 852. The first-order chi connectivity index (χ1) is 12.9. The molecular formula is C15H19F3N4O5S. The summed E-state index contributed by atoms with van der Waals surface area (Å²) in [6.45, 7) is 0.808. The Hall–Kier alpha value is -2.41. The minimum atomic E-state index is -4.69. The van der Waals surface area contributed by atoms with Crippen LogP contribution in [0.1, 0.15) is 12.0 Å². The van der Waals surface area contributed by atoms with E-state index in [1.807, 2.05) is 0 Å². The summed E-state index contributed by atoms with van der Waals surface area (Å²) < 4.78 is 62.6. The topological polar surface area (TPSA) is 113 Å². The Morgan fingerprint density at radius 2 is 1.86 bits per heavy atom. The van der Waals surface area contributed by atoms with Gasteiger partial charge >= 0.3 is 6.18 Å². The first-order valence-electron chi connectivity index (χ1n) is 8.21. The fourth-order valence-corrected chi connectivity index (χ4v) is 3.28. The molecule has 1 aliphatic heterocycles. The number of carbonyl (C=O) groups excluding carboxylic acids is 1. The predicted molar refractivity (Wildman–Crippen MR) is 94.4 cm³/mol. The molecule has 1 aromatic carbocycles. The van der Waals surface area contributed by atoms with E-state index in [0.29, 0.717) is 6.07 Å². The van der Waals surface area contributed by atoms with Gasteiger partial charge in [-0.1, -0.05) is 0 Å².